The number of benzene rings is 2. The molecule has 0 saturated heterocycles. The fraction of sp³-hybridized carbons (Fsp3) is 0.238. The Hall–Kier alpha value is -2.30. The molecule has 0 atom stereocenters. The van der Waals surface area contributed by atoms with E-state index in [0.717, 1.165) is 16.5 Å². The van der Waals surface area contributed by atoms with Gasteiger partial charge >= 0.3 is 11.6 Å². The quantitative estimate of drug-likeness (QED) is 0.401. The van der Waals surface area contributed by atoms with E-state index in [9.17, 15) is 9.59 Å². The van der Waals surface area contributed by atoms with Gasteiger partial charge in [0.05, 0.1) is 15.6 Å². The molecule has 3 aromatic rings. The van der Waals surface area contributed by atoms with E-state index in [-0.39, 0.29) is 22.2 Å². The third-order valence-electron chi connectivity index (χ3n) is 4.36. The summed E-state index contributed by atoms with van der Waals surface area (Å²) in [6, 6.07) is 9.92. The summed E-state index contributed by atoms with van der Waals surface area (Å²) < 4.78 is 10.7. The Balaban J connectivity index is 1.98. The molecule has 6 heteroatoms. The number of aryl methyl sites for hydroxylation is 1. The van der Waals surface area contributed by atoms with Crippen LogP contribution in [0.3, 0.4) is 0 Å². The Morgan fingerprint density at radius 2 is 1.81 bits per heavy atom. The predicted molar refractivity (Wildman–Crippen MR) is 107 cm³/mol. The predicted octanol–water partition coefficient (Wildman–Crippen LogP) is 5.89. The Morgan fingerprint density at radius 3 is 2.44 bits per heavy atom. The second-order valence-corrected chi connectivity index (χ2v) is 7.44. The van der Waals surface area contributed by atoms with E-state index in [4.69, 9.17) is 32.4 Å². The van der Waals surface area contributed by atoms with Crippen LogP contribution in [0.5, 0.6) is 0 Å². The van der Waals surface area contributed by atoms with Gasteiger partial charge < -0.3 is 9.15 Å². The Bertz CT molecular complexity index is 1060. The molecule has 0 fully saturated rings. The molecule has 0 aliphatic rings. The lowest BCUT2D eigenvalue weighted by molar-refractivity contribution is 0.0474. The number of ether oxygens (including phenoxy) is 1. The lowest BCUT2D eigenvalue weighted by atomic mass is 9.95. The minimum Gasteiger partial charge on any atom is -0.457 e. The molecule has 2 aromatic carbocycles. The standard InChI is InChI=1S/C21H18Cl2O4/c1-11(2)14-9-15-13(8-19(24)27-18(15)7-12(14)3)10-26-21(25)20-16(22)5-4-6-17(20)23/h4-9,11H,10H2,1-3H3. The molecule has 0 amide bonds. The number of halogens is 2. The molecule has 27 heavy (non-hydrogen) atoms. The fourth-order valence-electron chi connectivity index (χ4n) is 3.04. The Labute approximate surface area is 166 Å². The number of carbonyl (C=O) groups excluding carboxylic acids is 1. The first kappa shape index (κ1) is 19.5. The summed E-state index contributed by atoms with van der Waals surface area (Å²) >= 11 is 12.1. The zero-order chi connectivity index (χ0) is 19.7. The minimum absolute atomic E-state index is 0.0942. The zero-order valence-corrected chi connectivity index (χ0v) is 16.6. The highest BCUT2D eigenvalue weighted by molar-refractivity contribution is 6.39. The lowest BCUT2D eigenvalue weighted by Crippen LogP contribution is -2.09. The summed E-state index contributed by atoms with van der Waals surface area (Å²) in [5.74, 6) is -0.346. The van der Waals surface area contributed by atoms with Gasteiger partial charge in [0.25, 0.3) is 0 Å². The molecule has 0 radical (unpaired) electrons. The van der Waals surface area contributed by atoms with Crippen molar-refractivity contribution in [1.29, 1.82) is 0 Å². The van der Waals surface area contributed by atoms with Gasteiger partial charge in [0.1, 0.15) is 12.2 Å². The minimum atomic E-state index is -0.650. The van der Waals surface area contributed by atoms with Gasteiger partial charge in [-0.3, -0.25) is 0 Å². The molecule has 1 heterocycles. The zero-order valence-electron chi connectivity index (χ0n) is 15.1. The summed E-state index contributed by atoms with van der Waals surface area (Å²) in [5.41, 5.74) is 2.81. The molecule has 1 aromatic heterocycles. The molecule has 0 unspecified atom stereocenters. The number of carbonyl (C=O) groups is 1. The van der Waals surface area contributed by atoms with E-state index in [0.29, 0.717) is 17.1 Å². The van der Waals surface area contributed by atoms with E-state index in [2.05, 4.69) is 13.8 Å². The molecular formula is C21H18Cl2O4. The van der Waals surface area contributed by atoms with Crippen molar-refractivity contribution < 1.29 is 13.9 Å². The van der Waals surface area contributed by atoms with Crippen molar-refractivity contribution in [2.24, 2.45) is 0 Å². The highest BCUT2D eigenvalue weighted by atomic mass is 35.5. The van der Waals surface area contributed by atoms with Crippen molar-refractivity contribution in [3.63, 3.8) is 0 Å². The van der Waals surface area contributed by atoms with Crippen LogP contribution in [0.4, 0.5) is 0 Å². The highest BCUT2D eigenvalue weighted by Crippen LogP contribution is 2.28. The Kier molecular flexibility index (Phi) is 5.59. The van der Waals surface area contributed by atoms with Crippen LogP contribution in [0.15, 0.2) is 45.6 Å². The fourth-order valence-corrected chi connectivity index (χ4v) is 3.59. The summed E-state index contributed by atoms with van der Waals surface area (Å²) in [6.45, 7) is 6.06. The number of rotatable bonds is 4. The second-order valence-electron chi connectivity index (χ2n) is 6.62. The lowest BCUT2D eigenvalue weighted by Gasteiger charge is -2.13. The van der Waals surface area contributed by atoms with Crippen LogP contribution < -0.4 is 5.63 Å². The van der Waals surface area contributed by atoms with Gasteiger partial charge in [0, 0.05) is 17.0 Å². The first-order valence-corrected chi connectivity index (χ1v) is 9.22. The van der Waals surface area contributed by atoms with Crippen molar-refractivity contribution >= 4 is 40.1 Å². The molecule has 0 saturated carbocycles. The smallest absolute Gasteiger partial charge is 0.341 e. The molecule has 140 valence electrons. The van der Waals surface area contributed by atoms with Gasteiger partial charge in [-0.15, -0.1) is 0 Å². The van der Waals surface area contributed by atoms with Crippen LogP contribution in [0.1, 0.15) is 46.8 Å². The van der Waals surface area contributed by atoms with Gasteiger partial charge in [-0.2, -0.15) is 0 Å². The van der Waals surface area contributed by atoms with Crippen LogP contribution in [-0.4, -0.2) is 5.97 Å². The van der Waals surface area contributed by atoms with Gasteiger partial charge in [-0.1, -0.05) is 43.1 Å². The van der Waals surface area contributed by atoms with Crippen molar-refractivity contribution in [2.45, 2.75) is 33.3 Å². The summed E-state index contributed by atoms with van der Waals surface area (Å²) in [7, 11) is 0. The van der Waals surface area contributed by atoms with E-state index in [1.165, 1.54) is 6.07 Å². The van der Waals surface area contributed by atoms with Gasteiger partial charge in [-0.05, 0) is 48.2 Å². The highest BCUT2D eigenvalue weighted by Gasteiger charge is 2.18. The second kappa shape index (κ2) is 7.75. The first-order valence-electron chi connectivity index (χ1n) is 8.46. The average molecular weight is 405 g/mol. The van der Waals surface area contributed by atoms with Crippen LogP contribution in [-0.2, 0) is 11.3 Å². The number of esters is 1. The maximum absolute atomic E-state index is 12.4. The van der Waals surface area contributed by atoms with Crippen molar-refractivity contribution in [3.8, 4) is 0 Å². The topological polar surface area (TPSA) is 56.5 Å². The van der Waals surface area contributed by atoms with Crippen LogP contribution in [0, 0.1) is 6.92 Å². The maximum Gasteiger partial charge on any atom is 0.341 e. The van der Waals surface area contributed by atoms with Gasteiger partial charge in [0.15, 0.2) is 0 Å². The molecule has 3 rings (SSSR count). The molecule has 0 N–H and O–H groups in total. The first-order chi connectivity index (χ1) is 12.8. The SMILES string of the molecule is Cc1cc2oc(=O)cc(COC(=O)c3c(Cl)cccc3Cl)c2cc1C(C)C. The van der Waals surface area contributed by atoms with E-state index >= 15 is 0 Å². The molecule has 0 bridgehead atoms. The molecule has 0 spiro atoms. The van der Waals surface area contributed by atoms with Crippen LogP contribution in [0.2, 0.25) is 10.0 Å². The van der Waals surface area contributed by atoms with Gasteiger partial charge in [-0.25, -0.2) is 9.59 Å². The largest absolute Gasteiger partial charge is 0.457 e. The van der Waals surface area contributed by atoms with Crippen molar-refractivity contribution in [1.82, 2.24) is 0 Å². The Morgan fingerprint density at radius 1 is 1.15 bits per heavy atom. The molecule has 0 aliphatic carbocycles. The molecule has 4 nitrogen and oxygen atoms in total. The van der Waals surface area contributed by atoms with Crippen LogP contribution in [0.25, 0.3) is 11.0 Å². The molecular weight excluding hydrogens is 387 g/mol. The third-order valence-corrected chi connectivity index (χ3v) is 4.99. The summed E-state index contributed by atoms with van der Waals surface area (Å²) in [6.07, 6.45) is 0. The van der Waals surface area contributed by atoms with Crippen molar-refractivity contribution in [3.05, 3.63) is 79.1 Å². The van der Waals surface area contributed by atoms with E-state index in [1.807, 2.05) is 19.1 Å². The number of hydrogen-bond donors (Lipinski definition) is 0. The van der Waals surface area contributed by atoms with Gasteiger partial charge in [0.2, 0.25) is 0 Å². The monoisotopic (exact) mass is 404 g/mol. The molecule has 0 aliphatic heterocycles. The average Bonchev–Trinajstić information content (AvgIpc) is 2.58. The summed E-state index contributed by atoms with van der Waals surface area (Å²) in [4.78, 5) is 24.3. The normalized spacial score (nSPS) is 11.2. The van der Waals surface area contributed by atoms with E-state index < -0.39 is 11.6 Å². The summed E-state index contributed by atoms with van der Waals surface area (Å²) in [5, 5.41) is 1.16. The van der Waals surface area contributed by atoms with Crippen LogP contribution >= 0.6 is 23.2 Å². The van der Waals surface area contributed by atoms with E-state index in [1.54, 1.807) is 18.2 Å². The number of fused-ring (bicyclic) bond motifs is 1. The third kappa shape index (κ3) is 4.02. The van der Waals surface area contributed by atoms with Crippen molar-refractivity contribution in [2.75, 3.05) is 0 Å². The maximum atomic E-state index is 12.4. The number of hydrogen-bond acceptors (Lipinski definition) is 4.